The molecule has 126 valence electrons. The molecule has 2 heterocycles. The third-order valence-corrected chi connectivity index (χ3v) is 5.42. The topological polar surface area (TPSA) is 40.6 Å². The molecular weight excluding hydrogens is 320 g/mol. The van der Waals surface area contributed by atoms with Crippen molar-refractivity contribution >= 4 is 23.2 Å². The lowest BCUT2D eigenvalue weighted by Crippen LogP contribution is -2.42. The van der Waals surface area contributed by atoms with Gasteiger partial charge in [-0.15, -0.1) is 11.3 Å². The third-order valence-electron chi connectivity index (χ3n) is 4.52. The largest absolute Gasteiger partial charge is 0.349 e. The van der Waals surface area contributed by atoms with Crippen LogP contribution in [0, 0.1) is 5.92 Å². The molecule has 0 radical (unpaired) electrons. The zero-order valence-electron chi connectivity index (χ0n) is 14.1. The number of benzene rings is 1. The van der Waals surface area contributed by atoms with E-state index in [0.29, 0.717) is 13.1 Å². The van der Waals surface area contributed by atoms with Crippen molar-refractivity contribution in [1.82, 2.24) is 9.80 Å². The van der Waals surface area contributed by atoms with E-state index in [-0.39, 0.29) is 17.7 Å². The number of nitrogens with zero attached hydrogens (tertiary/aromatic N) is 2. The highest BCUT2D eigenvalue weighted by molar-refractivity contribution is 7.12. The van der Waals surface area contributed by atoms with Crippen LogP contribution in [0.2, 0.25) is 0 Å². The van der Waals surface area contributed by atoms with Crippen LogP contribution >= 0.6 is 11.3 Å². The quantitative estimate of drug-likeness (QED) is 0.858. The summed E-state index contributed by atoms with van der Waals surface area (Å²) in [6, 6.07) is 12.0. The second-order valence-electron chi connectivity index (χ2n) is 6.33. The van der Waals surface area contributed by atoms with Crippen molar-refractivity contribution in [1.29, 1.82) is 0 Å². The fourth-order valence-electron chi connectivity index (χ4n) is 3.16. The first kappa shape index (κ1) is 16.7. The van der Waals surface area contributed by atoms with E-state index >= 15 is 0 Å². The standard InChI is InChI=1S/C19H22N2O2S/c1-20(2)18(22)15-8-11-21(12-9-15)19(23)17-16(10-13-24-17)14-6-4-3-5-7-14/h3-7,10,13,15H,8-9,11-12H2,1-2H3. The number of hydrogen-bond acceptors (Lipinski definition) is 3. The fraction of sp³-hybridized carbons (Fsp3) is 0.368. The van der Waals surface area contributed by atoms with Crippen molar-refractivity contribution in [2.24, 2.45) is 5.92 Å². The molecule has 0 aliphatic carbocycles. The minimum Gasteiger partial charge on any atom is -0.349 e. The lowest BCUT2D eigenvalue weighted by molar-refractivity contribution is -0.134. The number of piperidine rings is 1. The van der Waals surface area contributed by atoms with Crippen LogP contribution in [0.3, 0.4) is 0 Å². The Labute approximate surface area is 146 Å². The molecule has 1 fully saturated rings. The summed E-state index contributed by atoms with van der Waals surface area (Å²) in [4.78, 5) is 29.3. The van der Waals surface area contributed by atoms with Gasteiger partial charge in [-0.3, -0.25) is 9.59 Å². The Kier molecular flexibility index (Phi) is 5.00. The Morgan fingerprint density at radius 2 is 1.75 bits per heavy atom. The molecule has 4 nitrogen and oxygen atoms in total. The number of carbonyl (C=O) groups is 2. The molecule has 1 aliphatic rings. The Morgan fingerprint density at radius 3 is 2.38 bits per heavy atom. The Morgan fingerprint density at radius 1 is 1.08 bits per heavy atom. The maximum atomic E-state index is 12.9. The first-order chi connectivity index (χ1) is 11.6. The second kappa shape index (κ2) is 7.18. The van der Waals surface area contributed by atoms with Gasteiger partial charge in [0.2, 0.25) is 5.91 Å². The van der Waals surface area contributed by atoms with Gasteiger partial charge in [0, 0.05) is 38.7 Å². The molecule has 1 aliphatic heterocycles. The van der Waals surface area contributed by atoms with Gasteiger partial charge in [-0.2, -0.15) is 0 Å². The van der Waals surface area contributed by atoms with Crippen LogP contribution in [-0.4, -0.2) is 48.8 Å². The molecule has 1 aromatic carbocycles. The Balaban J connectivity index is 1.71. The molecule has 0 saturated carbocycles. The summed E-state index contributed by atoms with van der Waals surface area (Å²) in [5.41, 5.74) is 2.07. The highest BCUT2D eigenvalue weighted by Gasteiger charge is 2.29. The van der Waals surface area contributed by atoms with Gasteiger partial charge in [-0.05, 0) is 29.9 Å². The van der Waals surface area contributed by atoms with Gasteiger partial charge in [-0.25, -0.2) is 0 Å². The molecule has 0 N–H and O–H groups in total. The van der Waals surface area contributed by atoms with Crippen molar-refractivity contribution in [2.45, 2.75) is 12.8 Å². The van der Waals surface area contributed by atoms with Crippen molar-refractivity contribution < 1.29 is 9.59 Å². The van der Waals surface area contributed by atoms with Crippen LogP contribution in [0.25, 0.3) is 11.1 Å². The van der Waals surface area contributed by atoms with Crippen molar-refractivity contribution in [3.63, 3.8) is 0 Å². The van der Waals surface area contributed by atoms with Crippen molar-refractivity contribution in [3.8, 4) is 11.1 Å². The van der Waals surface area contributed by atoms with Crippen LogP contribution in [0.5, 0.6) is 0 Å². The SMILES string of the molecule is CN(C)C(=O)C1CCN(C(=O)c2sccc2-c2ccccc2)CC1. The summed E-state index contributed by atoms with van der Waals surface area (Å²) in [5, 5.41) is 1.97. The summed E-state index contributed by atoms with van der Waals surface area (Å²) < 4.78 is 0. The average molecular weight is 342 g/mol. The summed E-state index contributed by atoms with van der Waals surface area (Å²) >= 11 is 1.49. The van der Waals surface area contributed by atoms with E-state index in [1.807, 2.05) is 46.7 Å². The number of thiophene rings is 1. The molecule has 1 aromatic heterocycles. The molecule has 3 rings (SSSR count). The van der Waals surface area contributed by atoms with Gasteiger partial charge >= 0.3 is 0 Å². The van der Waals surface area contributed by atoms with Crippen molar-refractivity contribution in [3.05, 3.63) is 46.7 Å². The molecule has 2 amide bonds. The zero-order valence-corrected chi connectivity index (χ0v) is 14.9. The first-order valence-corrected chi connectivity index (χ1v) is 9.09. The van der Waals surface area contributed by atoms with Crippen LogP contribution in [0.15, 0.2) is 41.8 Å². The maximum absolute atomic E-state index is 12.9. The highest BCUT2D eigenvalue weighted by atomic mass is 32.1. The molecule has 0 atom stereocenters. The minimum atomic E-state index is 0.0426. The molecule has 2 aromatic rings. The molecule has 1 saturated heterocycles. The summed E-state index contributed by atoms with van der Waals surface area (Å²) in [6.07, 6.45) is 1.49. The third kappa shape index (κ3) is 3.36. The fourth-order valence-corrected chi connectivity index (χ4v) is 4.04. The number of likely N-dealkylation sites (tertiary alicyclic amines) is 1. The summed E-state index contributed by atoms with van der Waals surface area (Å²) in [7, 11) is 3.58. The van der Waals surface area contributed by atoms with Crippen LogP contribution in [-0.2, 0) is 4.79 Å². The number of rotatable bonds is 3. The normalized spacial score (nSPS) is 15.3. The minimum absolute atomic E-state index is 0.0426. The first-order valence-electron chi connectivity index (χ1n) is 8.21. The van der Waals surface area contributed by atoms with E-state index in [2.05, 4.69) is 0 Å². The summed E-state index contributed by atoms with van der Waals surface area (Å²) in [6.45, 7) is 1.30. The number of hydrogen-bond donors (Lipinski definition) is 0. The lowest BCUT2D eigenvalue weighted by atomic mass is 9.95. The predicted molar refractivity (Wildman–Crippen MR) is 97.1 cm³/mol. The summed E-state index contributed by atoms with van der Waals surface area (Å²) in [5.74, 6) is 0.295. The van der Waals surface area contributed by atoms with E-state index in [1.165, 1.54) is 11.3 Å². The number of amides is 2. The zero-order chi connectivity index (χ0) is 17.1. The molecule has 5 heteroatoms. The van der Waals surface area contributed by atoms with E-state index in [9.17, 15) is 9.59 Å². The van der Waals surface area contributed by atoms with Gasteiger partial charge in [0.15, 0.2) is 0 Å². The van der Waals surface area contributed by atoms with Crippen LogP contribution in [0.4, 0.5) is 0 Å². The molecule has 0 bridgehead atoms. The predicted octanol–water partition coefficient (Wildman–Crippen LogP) is 3.36. The van der Waals surface area contributed by atoms with E-state index in [0.717, 1.165) is 28.8 Å². The second-order valence-corrected chi connectivity index (χ2v) is 7.24. The van der Waals surface area contributed by atoms with E-state index < -0.39 is 0 Å². The van der Waals surface area contributed by atoms with Gasteiger partial charge in [0.1, 0.15) is 0 Å². The lowest BCUT2D eigenvalue weighted by Gasteiger charge is -2.32. The molecule has 24 heavy (non-hydrogen) atoms. The van der Waals surface area contributed by atoms with E-state index in [1.54, 1.807) is 19.0 Å². The monoisotopic (exact) mass is 342 g/mol. The number of carbonyl (C=O) groups excluding carboxylic acids is 2. The van der Waals surface area contributed by atoms with Crippen molar-refractivity contribution in [2.75, 3.05) is 27.2 Å². The van der Waals surface area contributed by atoms with Crippen LogP contribution < -0.4 is 0 Å². The van der Waals surface area contributed by atoms with Gasteiger partial charge in [0.25, 0.3) is 5.91 Å². The highest BCUT2D eigenvalue weighted by Crippen LogP contribution is 2.30. The van der Waals surface area contributed by atoms with Crippen LogP contribution in [0.1, 0.15) is 22.5 Å². The van der Waals surface area contributed by atoms with Gasteiger partial charge in [-0.1, -0.05) is 30.3 Å². The molecule has 0 unspecified atom stereocenters. The Hall–Kier alpha value is -2.14. The smallest absolute Gasteiger partial charge is 0.264 e. The van der Waals surface area contributed by atoms with Gasteiger partial charge < -0.3 is 9.80 Å². The Bertz CT molecular complexity index is 716. The maximum Gasteiger partial charge on any atom is 0.264 e. The average Bonchev–Trinajstić information content (AvgIpc) is 3.11. The molecule has 0 spiro atoms. The van der Waals surface area contributed by atoms with Gasteiger partial charge in [0.05, 0.1) is 4.88 Å². The van der Waals surface area contributed by atoms with E-state index in [4.69, 9.17) is 0 Å². The molecular formula is C19H22N2O2S.